The Balaban J connectivity index is 1.54. The van der Waals surface area contributed by atoms with Crippen LogP contribution in [0.1, 0.15) is 31.0 Å². The van der Waals surface area contributed by atoms with Gasteiger partial charge in [0.1, 0.15) is 11.6 Å². The molecule has 0 aromatic heterocycles. The second-order valence-electron chi connectivity index (χ2n) is 7.62. The molecule has 1 atom stereocenters. The first-order valence-electron chi connectivity index (χ1n) is 10.3. The van der Waals surface area contributed by atoms with Crippen LogP contribution in [0.3, 0.4) is 0 Å². The summed E-state index contributed by atoms with van der Waals surface area (Å²) >= 11 is 0. The fourth-order valence-corrected chi connectivity index (χ4v) is 5.13. The monoisotopic (exact) mass is 451 g/mol. The molecule has 168 valence electrons. The Kier molecular flexibility index (Phi) is 7.40. The SMILES string of the molecule is CCc1ccc(C(C)NC(=O)CN2CCN(S(=O)(=O)c3c(F)cccc3F)CC2)cc1. The van der Waals surface area contributed by atoms with Gasteiger partial charge in [0.05, 0.1) is 12.6 Å². The molecule has 1 aliphatic heterocycles. The average molecular weight is 452 g/mol. The summed E-state index contributed by atoms with van der Waals surface area (Å²) in [7, 11) is -4.28. The number of hydrogen-bond acceptors (Lipinski definition) is 4. The number of benzene rings is 2. The van der Waals surface area contributed by atoms with Gasteiger partial charge < -0.3 is 5.32 Å². The molecule has 31 heavy (non-hydrogen) atoms. The van der Waals surface area contributed by atoms with Gasteiger partial charge in [0.15, 0.2) is 4.90 Å². The van der Waals surface area contributed by atoms with E-state index < -0.39 is 26.6 Å². The normalized spacial score (nSPS) is 16.8. The number of aryl methyl sites for hydroxylation is 1. The molecule has 1 heterocycles. The van der Waals surface area contributed by atoms with Crippen molar-refractivity contribution in [2.45, 2.75) is 31.2 Å². The van der Waals surface area contributed by atoms with E-state index in [0.717, 1.165) is 34.5 Å². The summed E-state index contributed by atoms with van der Waals surface area (Å²) in [4.78, 5) is 13.3. The van der Waals surface area contributed by atoms with E-state index in [9.17, 15) is 22.0 Å². The van der Waals surface area contributed by atoms with Crippen molar-refractivity contribution in [3.8, 4) is 0 Å². The van der Waals surface area contributed by atoms with E-state index in [1.165, 1.54) is 5.56 Å². The van der Waals surface area contributed by atoms with E-state index in [0.29, 0.717) is 13.1 Å². The Labute approximate surface area is 181 Å². The van der Waals surface area contributed by atoms with E-state index in [4.69, 9.17) is 0 Å². The third-order valence-electron chi connectivity index (χ3n) is 5.48. The van der Waals surface area contributed by atoms with E-state index in [1.54, 1.807) is 0 Å². The van der Waals surface area contributed by atoms with E-state index in [2.05, 4.69) is 12.2 Å². The van der Waals surface area contributed by atoms with Crippen LogP contribution >= 0.6 is 0 Å². The molecular formula is C22H27F2N3O3S. The molecule has 1 fully saturated rings. The Morgan fingerprint density at radius 3 is 2.16 bits per heavy atom. The van der Waals surface area contributed by atoms with Crippen LogP contribution in [0.25, 0.3) is 0 Å². The van der Waals surface area contributed by atoms with E-state index in [-0.39, 0.29) is 31.6 Å². The lowest BCUT2D eigenvalue weighted by Crippen LogP contribution is -2.51. The summed E-state index contributed by atoms with van der Waals surface area (Å²) in [6.07, 6.45) is 0.951. The van der Waals surface area contributed by atoms with Crippen molar-refractivity contribution in [3.05, 3.63) is 65.2 Å². The van der Waals surface area contributed by atoms with Gasteiger partial charge in [0.2, 0.25) is 15.9 Å². The third kappa shape index (κ3) is 5.47. The second kappa shape index (κ2) is 9.84. The predicted molar refractivity (Wildman–Crippen MR) is 114 cm³/mol. The number of nitrogens with zero attached hydrogens (tertiary/aromatic N) is 2. The Bertz CT molecular complexity index is 1000. The second-order valence-corrected chi connectivity index (χ2v) is 9.49. The van der Waals surface area contributed by atoms with Crippen molar-refractivity contribution in [1.82, 2.24) is 14.5 Å². The van der Waals surface area contributed by atoms with Gasteiger partial charge in [-0.25, -0.2) is 17.2 Å². The van der Waals surface area contributed by atoms with Gasteiger partial charge in [-0.2, -0.15) is 4.31 Å². The minimum absolute atomic E-state index is 0.0530. The van der Waals surface area contributed by atoms with Gasteiger partial charge in [-0.05, 0) is 36.6 Å². The number of nitrogens with one attached hydrogen (secondary N) is 1. The Hall–Kier alpha value is -2.36. The van der Waals surface area contributed by atoms with Gasteiger partial charge in [-0.15, -0.1) is 0 Å². The van der Waals surface area contributed by atoms with Gasteiger partial charge in [-0.1, -0.05) is 37.3 Å². The zero-order chi connectivity index (χ0) is 22.6. The molecule has 1 N–H and O–H groups in total. The molecular weight excluding hydrogens is 424 g/mol. The zero-order valence-electron chi connectivity index (χ0n) is 17.6. The quantitative estimate of drug-likeness (QED) is 0.703. The summed E-state index contributed by atoms with van der Waals surface area (Å²) in [5.74, 6) is -2.38. The summed E-state index contributed by atoms with van der Waals surface area (Å²) in [5.41, 5.74) is 2.23. The molecule has 1 amide bonds. The van der Waals surface area contributed by atoms with Crippen LogP contribution < -0.4 is 5.32 Å². The molecule has 2 aromatic rings. The summed E-state index contributed by atoms with van der Waals surface area (Å²) in [6.45, 7) is 4.81. The van der Waals surface area contributed by atoms with Gasteiger partial charge in [0.25, 0.3) is 0 Å². The first-order valence-corrected chi connectivity index (χ1v) is 11.7. The molecule has 0 bridgehead atoms. The minimum atomic E-state index is -4.28. The van der Waals surface area contributed by atoms with Gasteiger partial charge in [-0.3, -0.25) is 9.69 Å². The topological polar surface area (TPSA) is 69.7 Å². The molecule has 0 radical (unpaired) electrons. The van der Waals surface area contributed by atoms with Crippen molar-refractivity contribution < 1.29 is 22.0 Å². The van der Waals surface area contributed by atoms with E-state index in [1.807, 2.05) is 36.1 Å². The van der Waals surface area contributed by atoms with Crippen molar-refractivity contribution in [1.29, 1.82) is 0 Å². The van der Waals surface area contributed by atoms with Crippen LogP contribution in [0.15, 0.2) is 47.4 Å². The molecule has 1 aliphatic rings. The number of carbonyl (C=O) groups excluding carboxylic acids is 1. The van der Waals surface area contributed by atoms with Crippen LogP contribution in [0.5, 0.6) is 0 Å². The smallest absolute Gasteiger partial charge is 0.249 e. The largest absolute Gasteiger partial charge is 0.348 e. The van der Waals surface area contributed by atoms with Crippen molar-refractivity contribution in [3.63, 3.8) is 0 Å². The Morgan fingerprint density at radius 2 is 1.61 bits per heavy atom. The maximum atomic E-state index is 13.9. The number of rotatable bonds is 7. The van der Waals surface area contributed by atoms with Crippen LogP contribution in [0, 0.1) is 11.6 Å². The van der Waals surface area contributed by atoms with E-state index >= 15 is 0 Å². The predicted octanol–water partition coefficient (Wildman–Crippen LogP) is 2.71. The molecule has 0 saturated carbocycles. The highest BCUT2D eigenvalue weighted by Gasteiger charge is 2.33. The summed E-state index contributed by atoms with van der Waals surface area (Å²) < 4.78 is 54.3. The highest BCUT2D eigenvalue weighted by molar-refractivity contribution is 7.89. The maximum absolute atomic E-state index is 13.9. The molecule has 1 saturated heterocycles. The molecule has 0 aliphatic carbocycles. The summed E-state index contributed by atoms with van der Waals surface area (Å²) in [6, 6.07) is 10.9. The fourth-order valence-electron chi connectivity index (χ4n) is 3.60. The van der Waals surface area contributed by atoms with Crippen molar-refractivity contribution >= 4 is 15.9 Å². The Morgan fingerprint density at radius 1 is 1.03 bits per heavy atom. The van der Waals surface area contributed by atoms with Crippen molar-refractivity contribution in [2.24, 2.45) is 0 Å². The fraction of sp³-hybridized carbons (Fsp3) is 0.409. The molecule has 2 aromatic carbocycles. The maximum Gasteiger partial charge on any atom is 0.249 e. The van der Waals surface area contributed by atoms with Gasteiger partial charge in [0, 0.05) is 26.2 Å². The number of halogens is 2. The average Bonchev–Trinajstić information content (AvgIpc) is 2.73. The van der Waals surface area contributed by atoms with Crippen molar-refractivity contribution in [2.75, 3.05) is 32.7 Å². The standard InChI is InChI=1S/C22H27F2N3O3S/c1-3-17-7-9-18(10-8-17)16(2)25-21(28)15-26-11-13-27(14-12-26)31(29,30)22-19(23)5-4-6-20(22)24/h4-10,16H,3,11-15H2,1-2H3,(H,25,28). The number of hydrogen-bond donors (Lipinski definition) is 1. The molecule has 3 rings (SSSR count). The lowest BCUT2D eigenvalue weighted by atomic mass is 10.1. The molecule has 1 unspecified atom stereocenters. The summed E-state index contributed by atoms with van der Waals surface area (Å²) in [5, 5.41) is 2.95. The minimum Gasteiger partial charge on any atom is -0.348 e. The highest BCUT2D eigenvalue weighted by Crippen LogP contribution is 2.23. The first kappa shape index (κ1) is 23.3. The lowest BCUT2D eigenvalue weighted by molar-refractivity contribution is -0.123. The van der Waals surface area contributed by atoms with Gasteiger partial charge >= 0.3 is 0 Å². The third-order valence-corrected chi connectivity index (χ3v) is 7.43. The van der Waals surface area contributed by atoms with Crippen LogP contribution in [0.4, 0.5) is 8.78 Å². The number of sulfonamides is 1. The number of amides is 1. The van der Waals surface area contributed by atoms with Crippen LogP contribution in [-0.2, 0) is 21.2 Å². The molecule has 0 spiro atoms. The van der Waals surface area contributed by atoms with Crippen LogP contribution in [-0.4, -0.2) is 56.3 Å². The lowest BCUT2D eigenvalue weighted by Gasteiger charge is -2.33. The number of carbonyl (C=O) groups is 1. The molecule has 6 nitrogen and oxygen atoms in total. The van der Waals surface area contributed by atoms with Crippen LogP contribution in [0.2, 0.25) is 0 Å². The zero-order valence-corrected chi connectivity index (χ0v) is 18.5. The first-order chi connectivity index (χ1) is 14.7. The number of piperazine rings is 1. The highest BCUT2D eigenvalue weighted by atomic mass is 32.2. The molecule has 9 heteroatoms.